The molecule has 1 heterocycles. The molecule has 5 heteroatoms. The molecule has 1 fully saturated rings. The molecule has 2 rings (SSSR count). The number of halogens is 2. The molecular weight excluding hydrogens is 271 g/mol. The zero-order chi connectivity index (χ0) is 12.1. The van der Waals surface area contributed by atoms with E-state index in [0.29, 0.717) is 12.6 Å². The van der Waals surface area contributed by atoms with Crippen LogP contribution >= 0.6 is 24.0 Å². The number of nitrogens with two attached hydrogens (primary N) is 1. The summed E-state index contributed by atoms with van der Waals surface area (Å²) < 4.78 is 5.66. The molecule has 102 valence electrons. The minimum absolute atomic E-state index is 0. The topological polar surface area (TPSA) is 38.5 Å². The van der Waals surface area contributed by atoms with Crippen molar-refractivity contribution in [2.45, 2.75) is 18.9 Å². The Bertz CT molecular complexity index is 345. The van der Waals surface area contributed by atoms with E-state index in [1.165, 1.54) is 6.42 Å². The van der Waals surface area contributed by atoms with Crippen LogP contribution in [0, 0.1) is 0 Å². The SMILES string of the molecule is Cl.N[C@@H]1CCCN(CCOc2ccc(Cl)cc2)C1. The van der Waals surface area contributed by atoms with Gasteiger partial charge < -0.3 is 10.5 Å². The molecule has 0 unspecified atom stereocenters. The first kappa shape index (κ1) is 15.6. The van der Waals surface area contributed by atoms with Crippen LogP contribution in [-0.4, -0.2) is 37.2 Å². The Hall–Kier alpha value is -0.480. The number of piperidine rings is 1. The second-order valence-electron chi connectivity index (χ2n) is 4.51. The molecule has 1 saturated heterocycles. The molecule has 2 N–H and O–H groups in total. The van der Waals surface area contributed by atoms with Crippen molar-refractivity contribution in [1.82, 2.24) is 4.90 Å². The maximum absolute atomic E-state index is 5.93. The van der Waals surface area contributed by atoms with E-state index in [4.69, 9.17) is 22.1 Å². The van der Waals surface area contributed by atoms with Crippen LogP contribution in [0.5, 0.6) is 5.75 Å². The first-order valence-corrected chi connectivity index (χ1v) is 6.48. The largest absolute Gasteiger partial charge is 0.492 e. The fraction of sp³-hybridized carbons (Fsp3) is 0.538. The van der Waals surface area contributed by atoms with Gasteiger partial charge in [-0.3, -0.25) is 4.90 Å². The van der Waals surface area contributed by atoms with Crippen LogP contribution < -0.4 is 10.5 Å². The summed E-state index contributed by atoms with van der Waals surface area (Å²) in [6.45, 7) is 3.77. The van der Waals surface area contributed by atoms with Crippen molar-refractivity contribution in [2.75, 3.05) is 26.2 Å². The van der Waals surface area contributed by atoms with Crippen molar-refractivity contribution >= 4 is 24.0 Å². The third kappa shape index (κ3) is 5.02. The Balaban J connectivity index is 0.00000162. The van der Waals surface area contributed by atoms with Gasteiger partial charge in [0.05, 0.1) is 0 Å². The number of hydrogen-bond acceptors (Lipinski definition) is 3. The Morgan fingerprint density at radius 3 is 2.72 bits per heavy atom. The first-order chi connectivity index (χ1) is 8.24. The quantitative estimate of drug-likeness (QED) is 0.926. The van der Waals surface area contributed by atoms with Crippen LogP contribution in [0.3, 0.4) is 0 Å². The van der Waals surface area contributed by atoms with Gasteiger partial charge in [0.2, 0.25) is 0 Å². The number of benzene rings is 1. The molecule has 0 bridgehead atoms. The number of hydrogen-bond donors (Lipinski definition) is 1. The number of ether oxygens (including phenoxy) is 1. The Morgan fingerprint density at radius 2 is 2.06 bits per heavy atom. The highest BCUT2D eigenvalue weighted by atomic mass is 35.5. The van der Waals surface area contributed by atoms with Gasteiger partial charge in [-0.1, -0.05) is 11.6 Å². The lowest BCUT2D eigenvalue weighted by Gasteiger charge is -2.30. The second kappa shape index (κ2) is 7.85. The number of rotatable bonds is 4. The lowest BCUT2D eigenvalue weighted by molar-refractivity contribution is 0.171. The third-order valence-electron chi connectivity index (χ3n) is 3.03. The molecule has 0 saturated carbocycles. The highest BCUT2D eigenvalue weighted by Crippen LogP contribution is 2.15. The zero-order valence-corrected chi connectivity index (χ0v) is 11.9. The Labute approximate surface area is 120 Å². The van der Waals surface area contributed by atoms with Crippen molar-refractivity contribution in [1.29, 1.82) is 0 Å². The standard InChI is InChI=1S/C13H19ClN2O.ClH/c14-11-3-5-13(6-4-11)17-9-8-16-7-1-2-12(15)10-16;/h3-6,12H,1-2,7-10,15H2;1H/t12-;/m1./s1. The molecule has 0 aromatic heterocycles. The van der Waals surface area contributed by atoms with Crippen LogP contribution in [-0.2, 0) is 0 Å². The van der Waals surface area contributed by atoms with Crippen LogP contribution in [0.2, 0.25) is 5.02 Å². The summed E-state index contributed by atoms with van der Waals surface area (Å²) in [6, 6.07) is 7.80. The van der Waals surface area contributed by atoms with Crippen LogP contribution in [0.25, 0.3) is 0 Å². The van der Waals surface area contributed by atoms with E-state index in [2.05, 4.69) is 4.90 Å². The average molecular weight is 291 g/mol. The molecule has 0 aliphatic carbocycles. The van der Waals surface area contributed by atoms with Crippen LogP contribution in [0.1, 0.15) is 12.8 Å². The predicted molar refractivity (Wildman–Crippen MR) is 77.8 cm³/mol. The van der Waals surface area contributed by atoms with Crippen molar-refractivity contribution in [3.63, 3.8) is 0 Å². The number of nitrogens with zero attached hydrogens (tertiary/aromatic N) is 1. The maximum atomic E-state index is 5.93. The fourth-order valence-corrected chi connectivity index (χ4v) is 2.24. The number of likely N-dealkylation sites (tertiary alicyclic amines) is 1. The highest BCUT2D eigenvalue weighted by molar-refractivity contribution is 6.30. The van der Waals surface area contributed by atoms with Gasteiger partial charge in [-0.25, -0.2) is 0 Å². The van der Waals surface area contributed by atoms with Gasteiger partial charge in [-0.05, 0) is 43.7 Å². The molecule has 0 radical (unpaired) electrons. The van der Waals surface area contributed by atoms with Crippen molar-refractivity contribution in [3.8, 4) is 5.75 Å². The van der Waals surface area contributed by atoms with Gasteiger partial charge >= 0.3 is 0 Å². The lowest BCUT2D eigenvalue weighted by Crippen LogP contribution is -2.44. The lowest BCUT2D eigenvalue weighted by atomic mass is 10.1. The summed E-state index contributed by atoms with van der Waals surface area (Å²) in [7, 11) is 0. The molecule has 0 spiro atoms. The predicted octanol–water partition coefficient (Wildman–Crippen LogP) is 2.56. The van der Waals surface area contributed by atoms with E-state index in [-0.39, 0.29) is 12.4 Å². The van der Waals surface area contributed by atoms with Gasteiger partial charge in [0.15, 0.2) is 0 Å². The molecule has 1 aliphatic rings. The molecule has 1 aliphatic heterocycles. The molecule has 1 atom stereocenters. The summed E-state index contributed by atoms with van der Waals surface area (Å²) in [6.07, 6.45) is 2.34. The molecular formula is C13H20Cl2N2O. The minimum Gasteiger partial charge on any atom is -0.492 e. The summed E-state index contributed by atoms with van der Waals surface area (Å²) in [5.74, 6) is 0.871. The summed E-state index contributed by atoms with van der Waals surface area (Å²) in [5.41, 5.74) is 5.93. The Morgan fingerprint density at radius 1 is 1.33 bits per heavy atom. The molecule has 1 aromatic rings. The molecule has 0 amide bonds. The summed E-state index contributed by atoms with van der Waals surface area (Å²) >= 11 is 5.81. The minimum atomic E-state index is 0. The van der Waals surface area contributed by atoms with E-state index in [0.717, 1.165) is 36.8 Å². The first-order valence-electron chi connectivity index (χ1n) is 6.10. The van der Waals surface area contributed by atoms with Gasteiger partial charge in [-0.2, -0.15) is 0 Å². The monoisotopic (exact) mass is 290 g/mol. The van der Waals surface area contributed by atoms with E-state index < -0.39 is 0 Å². The van der Waals surface area contributed by atoms with E-state index in [1.54, 1.807) is 0 Å². The van der Waals surface area contributed by atoms with Gasteiger partial charge in [-0.15, -0.1) is 12.4 Å². The average Bonchev–Trinajstić information content (AvgIpc) is 2.32. The Kier molecular flexibility index (Phi) is 6.79. The highest BCUT2D eigenvalue weighted by Gasteiger charge is 2.15. The fourth-order valence-electron chi connectivity index (χ4n) is 2.12. The van der Waals surface area contributed by atoms with E-state index >= 15 is 0 Å². The molecule has 3 nitrogen and oxygen atoms in total. The van der Waals surface area contributed by atoms with Gasteiger partial charge in [0.25, 0.3) is 0 Å². The summed E-state index contributed by atoms with van der Waals surface area (Å²) in [5, 5.41) is 0.736. The summed E-state index contributed by atoms with van der Waals surface area (Å²) in [4.78, 5) is 2.37. The molecule has 18 heavy (non-hydrogen) atoms. The van der Waals surface area contributed by atoms with Crippen molar-refractivity contribution in [2.24, 2.45) is 5.73 Å². The van der Waals surface area contributed by atoms with Crippen molar-refractivity contribution < 1.29 is 4.74 Å². The normalized spacial score (nSPS) is 20.2. The van der Waals surface area contributed by atoms with Gasteiger partial charge in [0.1, 0.15) is 12.4 Å². The van der Waals surface area contributed by atoms with Crippen LogP contribution in [0.4, 0.5) is 0 Å². The third-order valence-corrected chi connectivity index (χ3v) is 3.28. The van der Waals surface area contributed by atoms with Crippen molar-refractivity contribution in [3.05, 3.63) is 29.3 Å². The van der Waals surface area contributed by atoms with Gasteiger partial charge in [0, 0.05) is 24.2 Å². The van der Waals surface area contributed by atoms with E-state index in [1.807, 2.05) is 24.3 Å². The smallest absolute Gasteiger partial charge is 0.119 e. The van der Waals surface area contributed by atoms with Crippen LogP contribution in [0.15, 0.2) is 24.3 Å². The van der Waals surface area contributed by atoms with E-state index in [9.17, 15) is 0 Å². The maximum Gasteiger partial charge on any atom is 0.119 e. The zero-order valence-electron chi connectivity index (χ0n) is 10.3. The second-order valence-corrected chi connectivity index (χ2v) is 4.94. The molecule has 1 aromatic carbocycles.